The standard InChI is InChI=1S/C15H11FN2O/c16-13-8-4-7-12(9-13)15(19)18-14(10-17)11-5-2-1-3-6-11/h1-9,14H,(H,18,19). The summed E-state index contributed by atoms with van der Waals surface area (Å²) in [4.78, 5) is 11.9. The van der Waals surface area contributed by atoms with Crippen LogP contribution in [0.3, 0.4) is 0 Å². The molecule has 0 aliphatic carbocycles. The van der Waals surface area contributed by atoms with Crippen LogP contribution in [0.25, 0.3) is 0 Å². The second-order valence-electron chi connectivity index (χ2n) is 3.96. The van der Waals surface area contributed by atoms with Crippen LogP contribution in [0.4, 0.5) is 4.39 Å². The fraction of sp³-hybridized carbons (Fsp3) is 0.0667. The average molecular weight is 254 g/mol. The number of halogens is 1. The molecule has 4 heteroatoms. The molecule has 2 rings (SSSR count). The highest BCUT2D eigenvalue weighted by molar-refractivity contribution is 5.94. The van der Waals surface area contributed by atoms with E-state index in [2.05, 4.69) is 5.32 Å². The molecule has 0 aliphatic heterocycles. The lowest BCUT2D eigenvalue weighted by molar-refractivity contribution is 0.0944. The van der Waals surface area contributed by atoms with Crippen LogP contribution in [-0.4, -0.2) is 5.91 Å². The van der Waals surface area contributed by atoms with E-state index in [1.54, 1.807) is 24.3 Å². The second kappa shape index (κ2) is 5.78. The number of hydrogen-bond donors (Lipinski definition) is 1. The summed E-state index contributed by atoms with van der Waals surface area (Å²) in [5, 5.41) is 11.7. The third-order valence-electron chi connectivity index (χ3n) is 2.62. The smallest absolute Gasteiger partial charge is 0.252 e. The van der Waals surface area contributed by atoms with Gasteiger partial charge in [-0.1, -0.05) is 36.4 Å². The van der Waals surface area contributed by atoms with Crippen molar-refractivity contribution in [3.05, 3.63) is 71.5 Å². The Kier molecular flexibility index (Phi) is 3.89. The molecule has 1 unspecified atom stereocenters. The van der Waals surface area contributed by atoms with Gasteiger partial charge in [-0.25, -0.2) is 4.39 Å². The molecule has 2 aromatic rings. The van der Waals surface area contributed by atoms with Crippen LogP contribution in [0, 0.1) is 17.1 Å². The molecule has 0 spiro atoms. The second-order valence-corrected chi connectivity index (χ2v) is 3.96. The third kappa shape index (κ3) is 3.17. The number of carbonyl (C=O) groups is 1. The first-order valence-corrected chi connectivity index (χ1v) is 5.71. The molecule has 0 saturated heterocycles. The minimum absolute atomic E-state index is 0.191. The Hall–Kier alpha value is -2.67. The molecule has 94 valence electrons. The molecule has 0 heterocycles. The van der Waals surface area contributed by atoms with Crippen LogP contribution in [-0.2, 0) is 0 Å². The van der Waals surface area contributed by atoms with E-state index in [1.807, 2.05) is 12.1 Å². The Morgan fingerprint density at radius 3 is 2.53 bits per heavy atom. The van der Waals surface area contributed by atoms with E-state index in [9.17, 15) is 9.18 Å². The van der Waals surface area contributed by atoms with Crippen molar-refractivity contribution in [1.82, 2.24) is 5.32 Å². The Morgan fingerprint density at radius 2 is 1.89 bits per heavy atom. The zero-order chi connectivity index (χ0) is 13.7. The van der Waals surface area contributed by atoms with Crippen molar-refractivity contribution in [1.29, 1.82) is 5.26 Å². The summed E-state index contributed by atoms with van der Waals surface area (Å²) in [6.07, 6.45) is 0. The summed E-state index contributed by atoms with van der Waals surface area (Å²) in [6, 6.07) is 15.5. The van der Waals surface area contributed by atoms with Gasteiger partial charge < -0.3 is 5.32 Å². The largest absolute Gasteiger partial charge is 0.332 e. The molecule has 1 amide bonds. The summed E-state index contributed by atoms with van der Waals surface area (Å²) >= 11 is 0. The highest BCUT2D eigenvalue weighted by atomic mass is 19.1. The molecule has 0 aliphatic rings. The third-order valence-corrected chi connectivity index (χ3v) is 2.62. The first-order valence-electron chi connectivity index (χ1n) is 5.71. The Morgan fingerprint density at radius 1 is 1.16 bits per heavy atom. The lowest BCUT2D eigenvalue weighted by atomic mass is 10.1. The number of hydrogen-bond acceptors (Lipinski definition) is 2. The van der Waals surface area contributed by atoms with Crippen molar-refractivity contribution >= 4 is 5.91 Å². The summed E-state index contributed by atoms with van der Waals surface area (Å²) in [5.41, 5.74) is 0.880. The predicted molar refractivity (Wildman–Crippen MR) is 68.7 cm³/mol. The number of nitrogens with one attached hydrogen (secondary N) is 1. The van der Waals surface area contributed by atoms with Gasteiger partial charge in [0.15, 0.2) is 0 Å². The number of rotatable bonds is 3. The minimum Gasteiger partial charge on any atom is -0.332 e. The lowest BCUT2D eigenvalue weighted by Crippen LogP contribution is -2.27. The molecule has 0 aromatic heterocycles. The number of nitrogens with zero attached hydrogens (tertiary/aromatic N) is 1. The molecule has 0 saturated carbocycles. The number of benzene rings is 2. The van der Waals surface area contributed by atoms with Gasteiger partial charge in [0.05, 0.1) is 6.07 Å². The van der Waals surface area contributed by atoms with Gasteiger partial charge in [0.2, 0.25) is 0 Å². The van der Waals surface area contributed by atoms with Crippen LogP contribution in [0.5, 0.6) is 0 Å². The average Bonchev–Trinajstić information content (AvgIpc) is 2.45. The van der Waals surface area contributed by atoms with Crippen molar-refractivity contribution in [2.75, 3.05) is 0 Å². The first kappa shape index (κ1) is 12.8. The Balaban J connectivity index is 2.16. The normalized spacial score (nSPS) is 11.4. The maximum atomic E-state index is 13.0. The van der Waals surface area contributed by atoms with Crippen LogP contribution in [0.1, 0.15) is 22.0 Å². The van der Waals surface area contributed by atoms with Crippen molar-refractivity contribution in [2.24, 2.45) is 0 Å². The zero-order valence-electron chi connectivity index (χ0n) is 10.0. The number of amides is 1. The maximum Gasteiger partial charge on any atom is 0.252 e. The van der Waals surface area contributed by atoms with Crippen molar-refractivity contribution < 1.29 is 9.18 Å². The topological polar surface area (TPSA) is 52.9 Å². The summed E-state index contributed by atoms with van der Waals surface area (Å²) in [6.45, 7) is 0. The van der Waals surface area contributed by atoms with E-state index in [0.717, 1.165) is 6.07 Å². The number of nitriles is 1. The van der Waals surface area contributed by atoms with Gasteiger partial charge in [-0.05, 0) is 23.8 Å². The molecule has 0 fully saturated rings. The Bertz CT molecular complexity index is 620. The van der Waals surface area contributed by atoms with E-state index in [1.165, 1.54) is 18.2 Å². The summed E-state index contributed by atoms with van der Waals surface area (Å²) < 4.78 is 13.0. The van der Waals surface area contributed by atoms with E-state index in [4.69, 9.17) is 5.26 Å². The van der Waals surface area contributed by atoms with Crippen LogP contribution in [0.15, 0.2) is 54.6 Å². The van der Waals surface area contributed by atoms with Gasteiger partial charge >= 0.3 is 0 Å². The van der Waals surface area contributed by atoms with Crippen LogP contribution < -0.4 is 5.32 Å². The molecular formula is C15H11FN2O. The molecule has 2 aromatic carbocycles. The lowest BCUT2D eigenvalue weighted by Gasteiger charge is -2.11. The van der Waals surface area contributed by atoms with Gasteiger partial charge in [-0.3, -0.25) is 4.79 Å². The molecular weight excluding hydrogens is 243 g/mol. The minimum atomic E-state index is -0.753. The van der Waals surface area contributed by atoms with Gasteiger partial charge in [0.1, 0.15) is 11.9 Å². The fourth-order valence-electron chi connectivity index (χ4n) is 1.68. The van der Waals surface area contributed by atoms with Crippen LogP contribution >= 0.6 is 0 Å². The molecule has 0 bridgehead atoms. The first-order chi connectivity index (χ1) is 9.20. The molecule has 1 N–H and O–H groups in total. The van der Waals surface area contributed by atoms with E-state index in [0.29, 0.717) is 5.56 Å². The van der Waals surface area contributed by atoms with Crippen molar-refractivity contribution in [3.8, 4) is 6.07 Å². The highest BCUT2D eigenvalue weighted by Crippen LogP contribution is 2.12. The van der Waals surface area contributed by atoms with E-state index >= 15 is 0 Å². The zero-order valence-corrected chi connectivity index (χ0v) is 10.0. The monoisotopic (exact) mass is 254 g/mol. The van der Waals surface area contributed by atoms with Gasteiger partial charge in [0, 0.05) is 5.56 Å². The van der Waals surface area contributed by atoms with Gasteiger partial charge in [0.25, 0.3) is 5.91 Å². The van der Waals surface area contributed by atoms with Crippen LogP contribution in [0.2, 0.25) is 0 Å². The molecule has 3 nitrogen and oxygen atoms in total. The van der Waals surface area contributed by atoms with E-state index < -0.39 is 17.8 Å². The van der Waals surface area contributed by atoms with Crippen molar-refractivity contribution in [2.45, 2.75) is 6.04 Å². The Labute approximate surface area is 110 Å². The molecule has 19 heavy (non-hydrogen) atoms. The molecule has 0 radical (unpaired) electrons. The maximum absolute atomic E-state index is 13.0. The SMILES string of the molecule is N#CC(NC(=O)c1cccc(F)c1)c1ccccc1. The summed E-state index contributed by atoms with van der Waals surface area (Å²) in [5.74, 6) is -0.962. The molecule has 1 atom stereocenters. The van der Waals surface area contributed by atoms with E-state index in [-0.39, 0.29) is 5.56 Å². The van der Waals surface area contributed by atoms with Gasteiger partial charge in [-0.2, -0.15) is 5.26 Å². The van der Waals surface area contributed by atoms with Crippen molar-refractivity contribution in [3.63, 3.8) is 0 Å². The number of carbonyl (C=O) groups excluding carboxylic acids is 1. The quantitative estimate of drug-likeness (QED) is 0.915. The van der Waals surface area contributed by atoms with Gasteiger partial charge in [-0.15, -0.1) is 0 Å². The highest BCUT2D eigenvalue weighted by Gasteiger charge is 2.14. The summed E-state index contributed by atoms with van der Waals surface area (Å²) in [7, 11) is 0. The predicted octanol–water partition coefficient (Wildman–Crippen LogP) is 2.82. The fourth-order valence-corrected chi connectivity index (χ4v) is 1.68.